The average Bonchev–Trinajstić information content (AvgIpc) is 2.74. The number of allylic oxidation sites excluding steroid dienone is 4. The second-order valence-corrected chi connectivity index (χ2v) is 7.79. The van der Waals surface area contributed by atoms with Crippen LogP contribution in [0.5, 0.6) is 0 Å². The Kier molecular flexibility index (Phi) is 6.95. The van der Waals surface area contributed by atoms with Gasteiger partial charge in [0.2, 0.25) is 0 Å². The summed E-state index contributed by atoms with van der Waals surface area (Å²) in [5, 5.41) is 11.0. The summed E-state index contributed by atoms with van der Waals surface area (Å²) in [5.74, 6) is -0.530. The molecular weight excluding hydrogens is 379 g/mol. The Morgan fingerprint density at radius 1 is 1.23 bits per heavy atom. The Bertz CT molecular complexity index is 958. The van der Waals surface area contributed by atoms with Crippen LogP contribution in [0, 0.1) is 0 Å². The fourth-order valence-corrected chi connectivity index (χ4v) is 3.82. The van der Waals surface area contributed by atoms with Gasteiger partial charge in [0, 0.05) is 31.0 Å². The van der Waals surface area contributed by atoms with Crippen molar-refractivity contribution in [2.24, 2.45) is 0 Å². The predicted molar refractivity (Wildman–Crippen MR) is 118 cm³/mol. The van der Waals surface area contributed by atoms with Crippen molar-refractivity contribution in [3.8, 4) is 11.1 Å². The van der Waals surface area contributed by atoms with Crippen LogP contribution in [-0.4, -0.2) is 39.6 Å². The lowest BCUT2D eigenvalue weighted by Crippen LogP contribution is -2.46. The fraction of sp³-hybridized carbons (Fsp3) is 0.280. The number of hydrogen-bond donors (Lipinski definition) is 1. The van der Waals surface area contributed by atoms with Crippen molar-refractivity contribution < 1.29 is 14.3 Å². The number of amides is 1. The summed E-state index contributed by atoms with van der Waals surface area (Å²) in [6.45, 7) is 6.07. The largest absolute Gasteiger partial charge is 0.389 e. The highest BCUT2D eigenvalue weighted by Gasteiger charge is 2.34. The summed E-state index contributed by atoms with van der Waals surface area (Å²) < 4.78 is 12.7. The van der Waals surface area contributed by atoms with E-state index in [1.54, 1.807) is 29.4 Å². The molecule has 4 nitrogen and oxygen atoms in total. The van der Waals surface area contributed by atoms with Crippen LogP contribution in [0.4, 0.5) is 4.39 Å². The molecule has 0 spiro atoms. The van der Waals surface area contributed by atoms with Gasteiger partial charge in [0.15, 0.2) is 0 Å². The number of carbonyl (C=O) groups is 1. The van der Waals surface area contributed by atoms with Crippen molar-refractivity contribution in [1.82, 2.24) is 9.88 Å². The zero-order valence-electron chi connectivity index (χ0n) is 17.2. The Hall–Kier alpha value is -3.05. The topological polar surface area (TPSA) is 53.4 Å². The van der Waals surface area contributed by atoms with E-state index in [2.05, 4.69) is 11.6 Å². The molecule has 1 aliphatic rings. The number of carbonyl (C=O) groups excluding carboxylic acids is 1. The van der Waals surface area contributed by atoms with Crippen molar-refractivity contribution in [1.29, 1.82) is 0 Å². The Balaban J connectivity index is 1.67. The normalized spacial score (nSPS) is 16.6. The molecule has 0 bridgehead atoms. The van der Waals surface area contributed by atoms with Crippen LogP contribution in [0.15, 0.2) is 85.0 Å². The van der Waals surface area contributed by atoms with Crippen LogP contribution >= 0.6 is 0 Å². The monoisotopic (exact) mass is 406 g/mol. The molecule has 0 aliphatic carbocycles. The predicted octanol–water partition coefficient (Wildman–Crippen LogP) is 5.09. The maximum absolute atomic E-state index is 13.2. The van der Waals surface area contributed by atoms with E-state index in [-0.39, 0.29) is 5.91 Å². The number of piperidine rings is 1. The Morgan fingerprint density at radius 3 is 2.57 bits per heavy atom. The molecule has 3 rings (SSSR count). The summed E-state index contributed by atoms with van der Waals surface area (Å²) in [5.41, 5.74) is 2.58. The highest BCUT2D eigenvalue weighted by Crippen LogP contribution is 2.31. The van der Waals surface area contributed by atoms with E-state index in [9.17, 15) is 14.3 Å². The second kappa shape index (κ2) is 9.63. The quantitative estimate of drug-likeness (QED) is 0.680. The number of pyridine rings is 1. The lowest BCUT2D eigenvalue weighted by molar-refractivity contribution is -0.0161. The smallest absolute Gasteiger partial charge is 0.254 e. The minimum Gasteiger partial charge on any atom is -0.389 e. The SMILES string of the molecule is C=C(F)/C=C\C=C(/C)CC1(O)CCN(C(=O)c2ccccc2-c2ccncc2)CC1. The third kappa shape index (κ3) is 5.51. The molecule has 0 atom stereocenters. The molecule has 1 aromatic heterocycles. The lowest BCUT2D eigenvalue weighted by atomic mass is 9.85. The first kappa shape index (κ1) is 21.7. The molecule has 2 aromatic rings. The minimum absolute atomic E-state index is 0.0267. The molecule has 0 saturated carbocycles. The average molecular weight is 407 g/mol. The molecule has 1 N–H and O–H groups in total. The molecule has 2 heterocycles. The van der Waals surface area contributed by atoms with E-state index in [1.165, 1.54) is 6.08 Å². The van der Waals surface area contributed by atoms with Crippen LogP contribution in [0.25, 0.3) is 11.1 Å². The fourth-order valence-electron chi connectivity index (χ4n) is 3.82. The lowest BCUT2D eigenvalue weighted by Gasteiger charge is -2.38. The number of aromatic nitrogens is 1. The van der Waals surface area contributed by atoms with Crippen LogP contribution in [0.2, 0.25) is 0 Å². The van der Waals surface area contributed by atoms with Gasteiger partial charge < -0.3 is 10.0 Å². The zero-order chi connectivity index (χ0) is 21.6. The molecule has 1 aromatic carbocycles. The van der Waals surface area contributed by atoms with Crippen molar-refractivity contribution >= 4 is 5.91 Å². The first-order valence-electron chi connectivity index (χ1n) is 10.1. The third-order valence-corrected chi connectivity index (χ3v) is 5.40. The number of rotatable bonds is 6. The second-order valence-electron chi connectivity index (χ2n) is 7.79. The van der Waals surface area contributed by atoms with E-state index < -0.39 is 11.4 Å². The number of nitrogens with zero attached hydrogens (tertiary/aromatic N) is 2. The van der Waals surface area contributed by atoms with Crippen LogP contribution in [-0.2, 0) is 0 Å². The number of likely N-dealkylation sites (tertiary alicyclic amines) is 1. The first-order valence-corrected chi connectivity index (χ1v) is 10.1. The highest BCUT2D eigenvalue weighted by molar-refractivity contribution is 6.00. The van der Waals surface area contributed by atoms with Gasteiger partial charge in [0.1, 0.15) is 5.83 Å². The molecule has 0 radical (unpaired) electrons. The Labute approximate surface area is 177 Å². The first-order chi connectivity index (χ1) is 14.4. The van der Waals surface area contributed by atoms with Crippen LogP contribution in [0.3, 0.4) is 0 Å². The molecule has 1 amide bonds. The number of aliphatic hydroxyl groups is 1. The zero-order valence-corrected chi connectivity index (χ0v) is 17.2. The molecule has 0 unspecified atom stereocenters. The summed E-state index contributed by atoms with van der Waals surface area (Å²) in [6, 6.07) is 11.4. The van der Waals surface area contributed by atoms with Gasteiger partial charge in [-0.3, -0.25) is 9.78 Å². The van der Waals surface area contributed by atoms with Crippen molar-refractivity contribution in [2.45, 2.75) is 31.8 Å². The van der Waals surface area contributed by atoms with Gasteiger partial charge in [-0.25, -0.2) is 4.39 Å². The van der Waals surface area contributed by atoms with Gasteiger partial charge in [0.05, 0.1) is 5.60 Å². The standard InChI is InChI=1S/C25H27FN2O2/c1-19(6-5-7-20(2)26)18-25(30)12-16-28(17-13-25)24(29)23-9-4-3-8-22(23)21-10-14-27-15-11-21/h3-11,14-15,30H,2,12-13,16-18H2,1H3/b7-5-,19-6+. The molecule has 1 aliphatic heterocycles. The van der Waals surface area contributed by atoms with Crippen molar-refractivity contribution in [2.75, 3.05) is 13.1 Å². The Morgan fingerprint density at radius 2 is 1.90 bits per heavy atom. The molecule has 1 fully saturated rings. The molecule has 5 heteroatoms. The minimum atomic E-state index is -0.859. The maximum atomic E-state index is 13.2. The van der Waals surface area contributed by atoms with Gasteiger partial charge in [0.25, 0.3) is 5.91 Å². The van der Waals surface area contributed by atoms with Gasteiger partial charge in [-0.2, -0.15) is 0 Å². The van der Waals surface area contributed by atoms with E-state index in [0.29, 0.717) is 37.9 Å². The molecular formula is C25H27FN2O2. The van der Waals surface area contributed by atoms with E-state index in [1.807, 2.05) is 43.3 Å². The summed E-state index contributed by atoms with van der Waals surface area (Å²) >= 11 is 0. The van der Waals surface area contributed by atoms with Crippen molar-refractivity contribution in [3.05, 3.63) is 90.6 Å². The van der Waals surface area contributed by atoms with Crippen LogP contribution < -0.4 is 0 Å². The van der Waals surface area contributed by atoms with Gasteiger partial charge in [-0.15, -0.1) is 0 Å². The van der Waals surface area contributed by atoms with E-state index >= 15 is 0 Å². The van der Waals surface area contributed by atoms with Gasteiger partial charge in [-0.05, 0) is 61.6 Å². The summed E-state index contributed by atoms with van der Waals surface area (Å²) in [7, 11) is 0. The van der Waals surface area contributed by atoms with Gasteiger partial charge in [-0.1, -0.05) is 42.5 Å². The number of hydrogen-bond acceptors (Lipinski definition) is 3. The van der Waals surface area contributed by atoms with Crippen LogP contribution in [0.1, 0.15) is 36.5 Å². The summed E-state index contributed by atoms with van der Waals surface area (Å²) in [6.07, 6.45) is 9.58. The highest BCUT2D eigenvalue weighted by atomic mass is 19.1. The van der Waals surface area contributed by atoms with Gasteiger partial charge >= 0.3 is 0 Å². The van der Waals surface area contributed by atoms with Crippen molar-refractivity contribution in [3.63, 3.8) is 0 Å². The van der Waals surface area contributed by atoms with E-state index in [0.717, 1.165) is 16.7 Å². The molecule has 30 heavy (non-hydrogen) atoms. The van der Waals surface area contributed by atoms with E-state index in [4.69, 9.17) is 0 Å². The molecule has 1 saturated heterocycles. The number of halogens is 1. The number of benzene rings is 1. The maximum Gasteiger partial charge on any atom is 0.254 e. The summed E-state index contributed by atoms with van der Waals surface area (Å²) in [4.78, 5) is 19.0. The third-order valence-electron chi connectivity index (χ3n) is 5.40. The molecule has 156 valence electrons.